The van der Waals surface area contributed by atoms with Crippen LogP contribution in [0.1, 0.15) is 45.5 Å². The highest BCUT2D eigenvalue weighted by atomic mass is 15.2. The van der Waals surface area contributed by atoms with Gasteiger partial charge >= 0.3 is 0 Å². The molecule has 0 aliphatic carbocycles. The Bertz CT molecular complexity index is 623. The zero-order valence-corrected chi connectivity index (χ0v) is 15.6. The van der Waals surface area contributed by atoms with E-state index in [4.69, 9.17) is 0 Å². The van der Waals surface area contributed by atoms with Crippen LogP contribution in [-0.4, -0.2) is 22.6 Å². The third-order valence-corrected chi connectivity index (χ3v) is 3.97. The van der Waals surface area contributed by atoms with Crippen molar-refractivity contribution in [3.63, 3.8) is 0 Å². The van der Waals surface area contributed by atoms with Crippen molar-refractivity contribution in [2.24, 2.45) is 5.92 Å². The summed E-state index contributed by atoms with van der Waals surface area (Å²) in [6, 6.07) is 13.0. The van der Waals surface area contributed by atoms with Crippen LogP contribution in [0.4, 0.5) is 11.6 Å². The van der Waals surface area contributed by atoms with Crippen LogP contribution >= 0.6 is 0 Å². The van der Waals surface area contributed by atoms with Crippen molar-refractivity contribution < 1.29 is 0 Å². The summed E-state index contributed by atoms with van der Waals surface area (Å²) in [4.78, 5) is 11.5. The molecule has 0 radical (unpaired) electrons. The van der Waals surface area contributed by atoms with Gasteiger partial charge in [0.2, 0.25) is 0 Å². The van der Waals surface area contributed by atoms with E-state index in [-0.39, 0.29) is 0 Å². The predicted molar refractivity (Wildman–Crippen MR) is 102 cm³/mol. The first kappa shape index (κ1) is 18.2. The number of anilines is 2. The van der Waals surface area contributed by atoms with E-state index in [1.165, 1.54) is 5.56 Å². The second-order valence-electron chi connectivity index (χ2n) is 6.98. The Kier molecular flexibility index (Phi) is 6.59. The van der Waals surface area contributed by atoms with Crippen LogP contribution in [0.25, 0.3) is 0 Å². The quantitative estimate of drug-likeness (QED) is 0.766. The molecule has 0 aliphatic rings. The minimum Gasteiger partial charge on any atom is -0.370 e. The molecule has 4 nitrogen and oxygen atoms in total. The van der Waals surface area contributed by atoms with Gasteiger partial charge in [-0.15, -0.1) is 0 Å². The SMILES string of the molecule is Cc1nc(NCCC(C)C)cc(N(Cc2ccccc2)C(C)C)n1. The highest BCUT2D eigenvalue weighted by Gasteiger charge is 2.14. The third kappa shape index (κ3) is 5.52. The minimum absolute atomic E-state index is 0.364. The summed E-state index contributed by atoms with van der Waals surface area (Å²) in [7, 11) is 0. The van der Waals surface area contributed by atoms with Crippen LogP contribution in [0.15, 0.2) is 36.4 Å². The molecule has 0 unspecified atom stereocenters. The monoisotopic (exact) mass is 326 g/mol. The molecule has 0 atom stereocenters. The topological polar surface area (TPSA) is 41.1 Å². The molecule has 4 heteroatoms. The van der Waals surface area contributed by atoms with Crippen LogP contribution in [0.5, 0.6) is 0 Å². The maximum absolute atomic E-state index is 4.67. The molecule has 0 spiro atoms. The molecule has 1 aromatic heterocycles. The van der Waals surface area contributed by atoms with Crippen molar-refractivity contribution in [1.82, 2.24) is 9.97 Å². The van der Waals surface area contributed by atoms with Crippen LogP contribution in [0.2, 0.25) is 0 Å². The Labute approximate surface area is 146 Å². The Balaban J connectivity index is 2.18. The molecule has 1 heterocycles. The average molecular weight is 326 g/mol. The average Bonchev–Trinajstić information content (AvgIpc) is 2.52. The number of aryl methyl sites for hydroxylation is 1. The van der Waals surface area contributed by atoms with Gasteiger partial charge in [0, 0.05) is 25.2 Å². The number of aromatic nitrogens is 2. The van der Waals surface area contributed by atoms with Gasteiger partial charge in [-0.1, -0.05) is 44.2 Å². The molecule has 1 N–H and O–H groups in total. The molecule has 2 aromatic rings. The summed E-state index contributed by atoms with van der Waals surface area (Å²) in [6.07, 6.45) is 1.14. The summed E-state index contributed by atoms with van der Waals surface area (Å²) in [5, 5.41) is 3.44. The molecule has 0 amide bonds. The van der Waals surface area contributed by atoms with Gasteiger partial charge in [-0.05, 0) is 38.7 Å². The largest absolute Gasteiger partial charge is 0.370 e. The van der Waals surface area contributed by atoms with Gasteiger partial charge in [0.1, 0.15) is 17.5 Å². The van der Waals surface area contributed by atoms with Crippen molar-refractivity contribution in [1.29, 1.82) is 0 Å². The first-order valence-electron chi connectivity index (χ1n) is 8.86. The number of nitrogens with zero attached hydrogens (tertiary/aromatic N) is 3. The van der Waals surface area contributed by atoms with Crippen molar-refractivity contribution in [3.05, 3.63) is 47.8 Å². The fraction of sp³-hybridized carbons (Fsp3) is 0.500. The van der Waals surface area contributed by atoms with Crippen LogP contribution in [0.3, 0.4) is 0 Å². The van der Waals surface area contributed by atoms with E-state index in [1.54, 1.807) is 0 Å². The van der Waals surface area contributed by atoms with E-state index in [1.807, 2.05) is 6.92 Å². The highest BCUT2D eigenvalue weighted by molar-refractivity contribution is 5.50. The Hall–Kier alpha value is -2.10. The molecule has 1 aromatic carbocycles. The molecule has 0 saturated heterocycles. The van der Waals surface area contributed by atoms with Gasteiger partial charge in [0.15, 0.2) is 0 Å². The van der Waals surface area contributed by atoms with E-state index in [9.17, 15) is 0 Å². The highest BCUT2D eigenvalue weighted by Crippen LogP contribution is 2.21. The molecular formula is C20H30N4. The summed E-state index contributed by atoms with van der Waals surface area (Å²) in [5.74, 6) is 3.38. The van der Waals surface area contributed by atoms with Gasteiger partial charge in [0.05, 0.1) is 0 Å². The standard InChI is InChI=1S/C20H30N4/c1-15(2)11-12-21-19-13-20(23-17(5)22-19)24(16(3)4)14-18-9-7-6-8-10-18/h6-10,13,15-16H,11-12,14H2,1-5H3,(H,21,22,23). The lowest BCUT2D eigenvalue weighted by Crippen LogP contribution is -2.31. The number of nitrogens with one attached hydrogen (secondary N) is 1. The zero-order valence-electron chi connectivity index (χ0n) is 15.6. The first-order valence-corrected chi connectivity index (χ1v) is 8.86. The van der Waals surface area contributed by atoms with Gasteiger partial charge in [-0.25, -0.2) is 9.97 Å². The molecule has 0 fully saturated rings. The summed E-state index contributed by atoms with van der Waals surface area (Å²) < 4.78 is 0. The zero-order chi connectivity index (χ0) is 17.5. The van der Waals surface area contributed by atoms with Crippen molar-refractivity contribution in [2.75, 3.05) is 16.8 Å². The van der Waals surface area contributed by atoms with E-state index < -0.39 is 0 Å². The van der Waals surface area contributed by atoms with E-state index in [0.29, 0.717) is 12.0 Å². The smallest absolute Gasteiger partial charge is 0.134 e. The van der Waals surface area contributed by atoms with E-state index in [2.05, 4.69) is 84.3 Å². The number of benzene rings is 1. The molecule has 0 bridgehead atoms. The summed E-state index contributed by atoms with van der Waals surface area (Å²) in [5.41, 5.74) is 1.29. The number of hydrogen-bond donors (Lipinski definition) is 1. The lowest BCUT2D eigenvalue weighted by atomic mass is 10.1. The van der Waals surface area contributed by atoms with Gasteiger partial charge in [-0.2, -0.15) is 0 Å². The van der Waals surface area contributed by atoms with Crippen LogP contribution in [-0.2, 0) is 6.54 Å². The van der Waals surface area contributed by atoms with Crippen molar-refractivity contribution >= 4 is 11.6 Å². The Morgan fingerprint density at radius 1 is 1.04 bits per heavy atom. The maximum atomic E-state index is 4.67. The molecular weight excluding hydrogens is 296 g/mol. The molecule has 130 valence electrons. The fourth-order valence-electron chi connectivity index (χ4n) is 2.59. The minimum atomic E-state index is 0.364. The summed E-state index contributed by atoms with van der Waals surface area (Å²) >= 11 is 0. The third-order valence-electron chi connectivity index (χ3n) is 3.97. The maximum Gasteiger partial charge on any atom is 0.134 e. The lowest BCUT2D eigenvalue weighted by Gasteiger charge is -2.28. The van der Waals surface area contributed by atoms with E-state index in [0.717, 1.165) is 37.0 Å². The summed E-state index contributed by atoms with van der Waals surface area (Å²) in [6.45, 7) is 12.6. The number of hydrogen-bond acceptors (Lipinski definition) is 4. The lowest BCUT2D eigenvalue weighted by molar-refractivity contribution is 0.606. The van der Waals surface area contributed by atoms with Crippen LogP contribution in [0, 0.1) is 12.8 Å². The predicted octanol–water partition coefficient (Wildman–Crippen LogP) is 4.66. The normalized spacial score (nSPS) is 11.1. The Morgan fingerprint density at radius 3 is 2.38 bits per heavy atom. The fourth-order valence-corrected chi connectivity index (χ4v) is 2.59. The second-order valence-corrected chi connectivity index (χ2v) is 6.98. The van der Waals surface area contributed by atoms with Crippen LogP contribution < -0.4 is 10.2 Å². The molecule has 0 aliphatic heterocycles. The molecule has 0 saturated carbocycles. The van der Waals surface area contributed by atoms with Gasteiger partial charge in [-0.3, -0.25) is 0 Å². The number of rotatable bonds is 8. The Morgan fingerprint density at radius 2 is 1.75 bits per heavy atom. The van der Waals surface area contributed by atoms with Crippen molar-refractivity contribution in [3.8, 4) is 0 Å². The van der Waals surface area contributed by atoms with Gasteiger partial charge in [0.25, 0.3) is 0 Å². The van der Waals surface area contributed by atoms with Gasteiger partial charge < -0.3 is 10.2 Å². The molecule has 2 rings (SSSR count). The van der Waals surface area contributed by atoms with Crippen molar-refractivity contribution in [2.45, 2.75) is 53.6 Å². The molecule has 24 heavy (non-hydrogen) atoms. The first-order chi connectivity index (χ1) is 11.5. The van der Waals surface area contributed by atoms with E-state index >= 15 is 0 Å². The second kappa shape index (κ2) is 8.67.